The van der Waals surface area contributed by atoms with Gasteiger partial charge in [0.1, 0.15) is 17.1 Å². The molecule has 0 fully saturated rings. The van der Waals surface area contributed by atoms with Crippen molar-refractivity contribution < 1.29 is 9.84 Å². The number of halogens is 1. The van der Waals surface area contributed by atoms with Crippen LogP contribution in [0.2, 0.25) is 5.02 Å². The summed E-state index contributed by atoms with van der Waals surface area (Å²) in [5.74, 6) is 1.15. The van der Waals surface area contributed by atoms with Gasteiger partial charge in [-0.15, -0.1) is 0 Å². The molecule has 0 atom stereocenters. The van der Waals surface area contributed by atoms with E-state index < -0.39 is 0 Å². The van der Waals surface area contributed by atoms with Gasteiger partial charge in [-0.25, -0.2) is 9.97 Å². The third-order valence-corrected chi connectivity index (χ3v) is 4.24. The average molecular weight is 360 g/mol. The molecule has 0 saturated heterocycles. The maximum atomic E-state index is 9.26. The normalized spacial score (nSPS) is 11.4. The van der Waals surface area contributed by atoms with Gasteiger partial charge in [-0.1, -0.05) is 11.6 Å². The zero-order valence-corrected chi connectivity index (χ0v) is 14.2. The number of nitrogens with zero attached hydrogens (tertiary/aromatic N) is 5. The van der Waals surface area contributed by atoms with Gasteiger partial charge in [0.15, 0.2) is 11.6 Å². The van der Waals surface area contributed by atoms with Gasteiger partial charge in [0.25, 0.3) is 0 Å². The molecule has 0 bridgehead atoms. The highest BCUT2D eigenvalue weighted by atomic mass is 35.5. The van der Waals surface area contributed by atoms with Gasteiger partial charge < -0.3 is 14.4 Å². The van der Waals surface area contributed by atoms with Crippen LogP contribution in [-0.4, -0.2) is 47.1 Å². The van der Waals surface area contributed by atoms with Gasteiger partial charge in [0.05, 0.1) is 24.5 Å². The molecule has 4 rings (SSSR count). The molecular formula is C15H14ClN7O2. The number of methoxy groups -OCH3 is 1. The first-order valence-electron chi connectivity index (χ1n) is 7.38. The highest BCUT2D eigenvalue weighted by Crippen LogP contribution is 2.40. The van der Waals surface area contributed by atoms with E-state index in [1.807, 2.05) is 11.6 Å². The van der Waals surface area contributed by atoms with Crippen molar-refractivity contribution in [1.29, 1.82) is 0 Å². The molecule has 10 heteroatoms. The van der Waals surface area contributed by atoms with Crippen LogP contribution >= 0.6 is 11.6 Å². The lowest BCUT2D eigenvalue weighted by Crippen LogP contribution is -1.95. The van der Waals surface area contributed by atoms with Crippen LogP contribution in [-0.2, 0) is 13.7 Å². The molecule has 0 aromatic carbocycles. The van der Waals surface area contributed by atoms with E-state index in [0.29, 0.717) is 28.1 Å². The molecule has 9 nitrogen and oxygen atoms in total. The Morgan fingerprint density at radius 2 is 2.20 bits per heavy atom. The lowest BCUT2D eigenvalue weighted by Gasteiger charge is -2.03. The molecule has 4 heterocycles. The van der Waals surface area contributed by atoms with Crippen LogP contribution in [0.25, 0.3) is 33.7 Å². The Kier molecular flexibility index (Phi) is 3.66. The minimum absolute atomic E-state index is 0.226. The Morgan fingerprint density at radius 3 is 2.84 bits per heavy atom. The number of nitrogens with one attached hydrogen (secondary N) is 2. The van der Waals surface area contributed by atoms with Gasteiger partial charge in [-0.2, -0.15) is 10.2 Å². The first-order chi connectivity index (χ1) is 12.1. The van der Waals surface area contributed by atoms with Crippen molar-refractivity contribution in [3.05, 3.63) is 29.3 Å². The van der Waals surface area contributed by atoms with E-state index in [9.17, 15) is 5.11 Å². The maximum Gasteiger partial charge on any atom is 0.233 e. The standard InChI is InChI=1S/C15H14ClN7O2/c1-23-9-3-8(16)15(25-2)20-12(9)11(7-4-17-18-5-7)13(23)14-19-10(6-24)21-22-14/h3-5,24H,6H2,1-2H3,(H,17,18)(H,19,21,22). The monoisotopic (exact) mass is 359 g/mol. The minimum Gasteiger partial charge on any atom is -0.480 e. The number of hydrogen-bond acceptors (Lipinski definition) is 6. The van der Waals surface area contributed by atoms with Crippen molar-refractivity contribution in [3.8, 4) is 28.5 Å². The number of aromatic nitrogens is 7. The lowest BCUT2D eigenvalue weighted by molar-refractivity contribution is 0.272. The average Bonchev–Trinajstić information content (AvgIpc) is 3.34. The van der Waals surface area contributed by atoms with Crippen molar-refractivity contribution in [2.75, 3.05) is 7.11 Å². The molecule has 4 aromatic heterocycles. The van der Waals surface area contributed by atoms with Gasteiger partial charge in [0, 0.05) is 24.4 Å². The van der Waals surface area contributed by atoms with Crippen LogP contribution in [0.3, 0.4) is 0 Å². The smallest absolute Gasteiger partial charge is 0.233 e. The Morgan fingerprint density at radius 1 is 1.36 bits per heavy atom. The highest BCUT2D eigenvalue weighted by molar-refractivity contribution is 6.32. The molecule has 0 aliphatic rings. The van der Waals surface area contributed by atoms with Crippen LogP contribution in [0.15, 0.2) is 18.5 Å². The number of hydrogen-bond donors (Lipinski definition) is 3. The summed E-state index contributed by atoms with van der Waals surface area (Å²) in [6.07, 6.45) is 3.46. The summed E-state index contributed by atoms with van der Waals surface area (Å²) >= 11 is 6.24. The fourth-order valence-electron chi connectivity index (χ4n) is 2.84. The molecule has 25 heavy (non-hydrogen) atoms. The first kappa shape index (κ1) is 15.6. The second-order valence-electron chi connectivity index (χ2n) is 5.38. The van der Waals surface area contributed by atoms with E-state index >= 15 is 0 Å². The molecule has 4 aromatic rings. The van der Waals surface area contributed by atoms with Gasteiger partial charge in [0.2, 0.25) is 5.88 Å². The summed E-state index contributed by atoms with van der Waals surface area (Å²) in [6, 6.07) is 1.79. The molecule has 0 unspecified atom stereocenters. The number of aromatic amines is 2. The second kappa shape index (κ2) is 5.87. The zero-order chi connectivity index (χ0) is 17.6. The number of fused-ring (bicyclic) bond motifs is 1. The van der Waals surface area contributed by atoms with E-state index in [4.69, 9.17) is 16.3 Å². The number of H-pyrrole nitrogens is 2. The van der Waals surface area contributed by atoms with E-state index in [-0.39, 0.29) is 6.61 Å². The van der Waals surface area contributed by atoms with Gasteiger partial charge >= 0.3 is 0 Å². The van der Waals surface area contributed by atoms with Crippen LogP contribution in [0, 0.1) is 0 Å². The Labute approximate surface area is 146 Å². The summed E-state index contributed by atoms with van der Waals surface area (Å²) in [5.41, 5.74) is 3.84. The number of pyridine rings is 1. The summed E-state index contributed by atoms with van der Waals surface area (Å²) < 4.78 is 7.16. The largest absolute Gasteiger partial charge is 0.480 e. The van der Waals surface area contributed by atoms with Crippen LogP contribution in [0.1, 0.15) is 5.82 Å². The fraction of sp³-hybridized carbons (Fsp3) is 0.200. The van der Waals surface area contributed by atoms with Crippen molar-refractivity contribution in [2.24, 2.45) is 7.05 Å². The number of rotatable bonds is 4. The van der Waals surface area contributed by atoms with Crippen LogP contribution < -0.4 is 4.74 Å². The summed E-state index contributed by atoms with van der Waals surface area (Å²) in [5, 5.41) is 23.4. The summed E-state index contributed by atoms with van der Waals surface area (Å²) in [6.45, 7) is -0.226. The number of aryl methyl sites for hydroxylation is 1. The summed E-state index contributed by atoms with van der Waals surface area (Å²) in [4.78, 5) is 8.88. The van der Waals surface area contributed by atoms with Crippen molar-refractivity contribution in [1.82, 2.24) is 34.9 Å². The van der Waals surface area contributed by atoms with E-state index in [1.54, 1.807) is 18.5 Å². The third kappa shape index (κ3) is 2.36. The molecule has 128 valence electrons. The van der Waals surface area contributed by atoms with Crippen molar-refractivity contribution in [2.45, 2.75) is 6.61 Å². The zero-order valence-electron chi connectivity index (χ0n) is 13.4. The third-order valence-electron chi connectivity index (χ3n) is 3.97. The SMILES string of the molecule is COc1nc2c(-c3cn[nH]c3)c(-c3n[nH]c(CO)n3)n(C)c2cc1Cl. The van der Waals surface area contributed by atoms with E-state index in [1.165, 1.54) is 7.11 Å². The molecule has 0 aliphatic carbocycles. The maximum absolute atomic E-state index is 9.26. The fourth-order valence-corrected chi connectivity index (χ4v) is 3.06. The lowest BCUT2D eigenvalue weighted by atomic mass is 10.1. The Bertz CT molecular complexity index is 1050. The predicted molar refractivity (Wildman–Crippen MR) is 91.2 cm³/mol. The Hall–Kier alpha value is -2.91. The van der Waals surface area contributed by atoms with Crippen molar-refractivity contribution >= 4 is 22.6 Å². The van der Waals surface area contributed by atoms with Crippen molar-refractivity contribution in [3.63, 3.8) is 0 Å². The Balaban J connectivity index is 2.10. The predicted octanol–water partition coefficient (Wildman–Crippen LogP) is 1.90. The highest BCUT2D eigenvalue weighted by Gasteiger charge is 2.24. The molecular weight excluding hydrogens is 346 g/mol. The quantitative estimate of drug-likeness (QED) is 0.512. The number of aliphatic hydroxyl groups is 1. The van der Waals surface area contributed by atoms with Crippen LogP contribution in [0.5, 0.6) is 5.88 Å². The first-order valence-corrected chi connectivity index (χ1v) is 7.76. The van der Waals surface area contributed by atoms with E-state index in [0.717, 1.165) is 22.3 Å². The van der Waals surface area contributed by atoms with Gasteiger partial charge in [-0.05, 0) is 6.07 Å². The van der Waals surface area contributed by atoms with E-state index in [2.05, 4.69) is 30.4 Å². The minimum atomic E-state index is -0.226. The summed E-state index contributed by atoms with van der Waals surface area (Å²) in [7, 11) is 3.39. The molecule has 0 aliphatic heterocycles. The second-order valence-corrected chi connectivity index (χ2v) is 5.79. The van der Waals surface area contributed by atoms with Gasteiger partial charge in [-0.3, -0.25) is 10.2 Å². The molecule has 0 amide bonds. The molecule has 0 radical (unpaired) electrons. The number of ether oxygens (including phenoxy) is 1. The molecule has 3 N–H and O–H groups in total. The molecule has 0 spiro atoms. The topological polar surface area (TPSA) is 118 Å². The number of aliphatic hydroxyl groups excluding tert-OH is 1. The molecule has 0 saturated carbocycles. The van der Waals surface area contributed by atoms with Crippen LogP contribution in [0.4, 0.5) is 0 Å².